The Hall–Kier alpha value is -1.88. The molecule has 0 bridgehead atoms. The van der Waals surface area contributed by atoms with Crippen molar-refractivity contribution in [1.82, 2.24) is 9.78 Å². The van der Waals surface area contributed by atoms with Crippen LogP contribution in [0.25, 0.3) is 0 Å². The van der Waals surface area contributed by atoms with Gasteiger partial charge in [-0.3, -0.25) is 0 Å². The van der Waals surface area contributed by atoms with Crippen molar-refractivity contribution in [1.29, 1.82) is 0 Å². The molecule has 0 radical (unpaired) electrons. The Morgan fingerprint density at radius 1 is 1.33 bits per heavy atom. The number of aliphatic hydroxyl groups is 1. The second-order valence-corrected chi connectivity index (χ2v) is 3.06. The fraction of sp³-hybridized carbons (Fsp3) is 0.200. The molecule has 1 heterocycles. The van der Waals surface area contributed by atoms with E-state index in [2.05, 4.69) is 9.52 Å². The highest BCUT2D eigenvalue weighted by Crippen LogP contribution is 2.00. The Kier molecular flexibility index (Phi) is 2.64. The van der Waals surface area contributed by atoms with E-state index < -0.39 is 5.76 Å². The van der Waals surface area contributed by atoms with Gasteiger partial charge in [-0.15, -0.1) is 5.10 Å². The summed E-state index contributed by atoms with van der Waals surface area (Å²) in [6, 6.07) is 9.44. The average Bonchev–Trinajstić information content (AvgIpc) is 2.61. The quantitative estimate of drug-likeness (QED) is 0.788. The normalized spacial score (nSPS) is 10.5. The van der Waals surface area contributed by atoms with Crippen molar-refractivity contribution in [2.24, 2.45) is 0 Å². The molecule has 1 aromatic heterocycles. The van der Waals surface area contributed by atoms with Gasteiger partial charge in [-0.2, -0.15) is 4.68 Å². The van der Waals surface area contributed by atoms with Crippen LogP contribution in [-0.4, -0.2) is 14.9 Å². The Morgan fingerprint density at radius 3 is 2.67 bits per heavy atom. The lowest BCUT2D eigenvalue weighted by Gasteiger charge is -1.97. The highest BCUT2D eigenvalue weighted by molar-refractivity contribution is 5.14. The fourth-order valence-electron chi connectivity index (χ4n) is 1.27. The Morgan fingerprint density at radius 2 is 2.07 bits per heavy atom. The van der Waals surface area contributed by atoms with Crippen LogP contribution in [0.3, 0.4) is 0 Å². The number of hydrogen-bond acceptors (Lipinski definition) is 4. The van der Waals surface area contributed by atoms with Crippen LogP contribution in [0.5, 0.6) is 0 Å². The monoisotopic (exact) mass is 206 g/mol. The summed E-state index contributed by atoms with van der Waals surface area (Å²) in [5.41, 5.74) is 0.956. The third kappa shape index (κ3) is 2.13. The maximum Gasteiger partial charge on any atom is 0.437 e. The smallest absolute Gasteiger partial charge is 0.390 e. The van der Waals surface area contributed by atoms with Gasteiger partial charge in [-0.25, -0.2) is 4.79 Å². The number of rotatable bonds is 3. The lowest BCUT2D eigenvalue weighted by atomic mass is 10.2. The standard InChI is InChI=1S/C10H10N2O3/c13-7-9-11-12(10(14)15-9)6-8-4-2-1-3-5-8/h1-5,13H,6-7H2. The van der Waals surface area contributed by atoms with Crippen molar-refractivity contribution >= 4 is 0 Å². The van der Waals surface area contributed by atoms with Gasteiger partial charge in [0, 0.05) is 0 Å². The Labute approximate surface area is 85.6 Å². The highest BCUT2D eigenvalue weighted by Gasteiger charge is 2.06. The molecule has 5 heteroatoms. The third-order valence-electron chi connectivity index (χ3n) is 1.96. The molecule has 0 aliphatic carbocycles. The molecular formula is C10H10N2O3. The van der Waals surface area contributed by atoms with Crippen LogP contribution in [0.2, 0.25) is 0 Å². The molecule has 0 aliphatic heterocycles. The number of hydrogen-bond donors (Lipinski definition) is 1. The van der Waals surface area contributed by atoms with E-state index >= 15 is 0 Å². The lowest BCUT2D eigenvalue weighted by molar-refractivity contribution is 0.237. The molecule has 0 aliphatic rings. The summed E-state index contributed by atoms with van der Waals surface area (Å²) in [7, 11) is 0. The van der Waals surface area contributed by atoms with Crippen LogP contribution < -0.4 is 5.76 Å². The zero-order chi connectivity index (χ0) is 10.7. The second-order valence-electron chi connectivity index (χ2n) is 3.06. The fourth-order valence-corrected chi connectivity index (χ4v) is 1.27. The number of aromatic nitrogens is 2. The van der Waals surface area contributed by atoms with Crippen molar-refractivity contribution in [3.05, 3.63) is 52.3 Å². The van der Waals surface area contributed by atoms with E-state index in [1.807, 2.05) is 30.3 Å². The van der Waals surface area contributed by atoms with Crippen LogP contribution in [0.1, 0.15) is 11.5 Å². The topological polar surface area (TPSA) is 68.3 Å². The van der Waals surface area contributed by atoms with Crippen molar-refractivity contribution < 1.29 is 9.52 Å². The summed E-state index contributed by atoms with van der Waals surface area (Å²) in [5, 5.41) is 12.5. The summed E-state index contributed by atoms with van der Waals surface area (Å²) in [4.78, 5) is 11.2. The van der Waals surface area contributed by atoms with Crippen molar-refractivity contribution in [3.63, 3.8) is 0 Å². The summed E-state index contributed by atoms with van der Waals surface area (Å²) in [6.07, 6.45) is 0. The van der Waals surface area contributed by atoms with Gasteiger partial charge < -0.3 is 9.52 Å². The molecule has 0 fully saturated rings. The van der Waals surface area contributed by atoms with E-state index in [1.54, 1.807) is 0 Å². The van der Waals surface area contributed by atoms with Gasteiger partial charge in [0.25, 0.3) is 0 Å². The molecule has 0 saturated heterocycles. The van der Waals surface area contributed by atoms with Gasteiger partial charge in [0.15, 0.2) is 0 Å². The Bertz CT molecular complexity index is 487. The molecule has 15 heavy (non-hydrogen) atoms. The van der Waals surface area contributed by atoms with Gasteiger partial charge in [-0.1, -0.05) is 30.3 Å². The zero-order valence-corrected chi connectivity index (χ0v) is 7.96. The van der Waals surface area contributed by atoms with Gasteiger partial charge in [0.1, 0.15) is 6.61 Å². The van der Waals surface area contributed by atoms with E-state index in [4.69, 9.17) is 5.11 Å². The molecule has 0 spiro atoms. The molecule has 2 rings (SSSR count). The van der Waals surface area contributed by atoms with Gasteiger partial charge >= 0.3 is 5.76 Å². The summed E-state index contributed by atoms with van der Waals surface area (Å²) in [5.74, 6) is -0.515. The van der Waals surface area contributed by atoms with Crippen LogP contribution >= 0.6 is 0 Å². The predicted octanol–water partition coefficient (Wildman–Crippen LogP) is 0.377. The molecule has 2 aromatic rings. The molecule has 5 nitrogen and oxygen atoms in total. The SMILES string of the molecule is O=c1oc(CO)nn1Cc1ccccc1. The molecular weight excluding hydrogens is 196 g/mol. The van der Waals surface area contributed by atoms with Crippen LogP contribution in [0, 0.1) is 0 Å². The van der Waals surface area contributed by atoms with Crippen molar-refractivity contribution in [3.8, 4) is 0 Å². The first kappa shape index (κ1) is 9.67. The van der Waals surface area contributed by atoms with E-state index in [0.717, 1.165) is 5.56 Å². The minimum Gasteiger partial charge on any atom is -0.390 e. The van der Waals surface area contributed by atoms with Crippen LogP contribution in [0.15, 0.2) is 39.5 Å². The zero-order valence-electron chi connectivity index (χ0n) is 7.96. The minimum absolute atomic E-state index is 0.0379. The second kappa shape index (κ2) is 4.10. The van der Waals surface area contributed by atoms with E-state index in [0.29, 0.717) is 6.54 Å². The lowest BCUT2D eigenvalue weighted by Crippen LogP contribution is -2.16. The van der Waals surface area contributed by atoms with E-state index in [9.17, 15) is 4.79 Å². The molecule has 0 unspecified atom stereocenters. The molecule has 0 atom stereocenters. The highest BCUT2D eigenvalue weighted by atomic mass is 16.4. The molecule has 1 N–H and O–H groups in total. The first-order chi connectivity index (χ1) is 7.29. The number of aliphatic hydroxyl groups excluding tert-OH is 1. The average molecular weight is 206 g/mol. The summed E-state index contributed by atoms with van der Waals surface area (Å²) >= 11 is 0. The maximum atomic E-state index is 11.2. The largest absolute Gasteiger partial charge is 0.437 e. The molecule has 78 valence electrons. The van der Waals surface area contributed by atoms with Gasteiger partial charge in [0.05, 0.1) is 6.54 Å². The first-order valence-electron chi connectivity index (χ1n) is 4.51. The minimum atomic E-state index is -0.553. The van der Waals surface area contributed by atoms with Crippen molar-refractivity contribution in [2.75, 3.05) is 0 Å². The van der Waals surface area contributed by atoms with E-state index in [1.165, 1.54) is 4.68 Å². The van der Waals surface area contributed by atoms with Gasteiger partial charge in [0.2, 0.25) is 5.89 Å². The number of nitrogens with zero attached hydrogens (tertiary/aromatic N) is 2. The predicted molar refractivity (Wildman–Crippen MR) is 52.2 cm³/mol. The Balaban J connectivity index is 2.25. The van der Waals surface area contributed by atoms with E-state index in [-0.39, 0.29) is 12.5 Å². The summed E-state index contributed by atoms with van der Waals surface area (Å²) in [6.45, 7) is -0.0137. The van der Waals surface area contributed by atoms with Crippen LogP contribution in [-0.2, 0) is 13.2 Å². The summed E-state index contributed by atoms with van der Waals surface area (Å²) < 4.78 is 5.86. The van der Waals surface area contributed by atoms with Gasteiger partial charge in [-0.05, 0) is 5.56 Å². The third-order valence-corrected chi connectivity index (χ3v) is 1.96. The molecule has 1 aromatic carbocycles. The van der Waals surface area contributed by atoms with Crippen LogP contribution in [0.4, 0.5) is 0 Å². The maximum absolute atomic E-state index is 11.2. The number of benzene rings is 1. The molecule has 0 saturated carbocycles. The first-order valence-corrected chi connectivity index (χ1v) is 4.51. The van der Waals surface area contributed by atoms with Crippen molar-refractivity contribution in [2.45, 2.75) is 13.2 Å². The molecule has 0 amide bonds.